The molecule has 0 spiro atoms. The van der Waals surface area contributed by atoms with E-state index in [9.17, 15) is 0 Å². The van der Waals surface area contributed by atoms with Gasteiger partial charge in [-0.2, -0.15) is 0 Å². The molecule has 5 aromatic carbocycles. The minimum Gasteiger partial charge on any atom is -0.0610 e. The van der Waals surface area contributed by atoms with Gasteiger partial charge in [0.25, 0.3) is 0 Å². The van der Waals surface area contributed by atoms with Crippen molar-refractivity contribution in [3.8, 4) is 0 Å². The van der Waals surface area contributed by atoms with Gasteiger partial charge < -0.3 is 0 Å². The first-order valence-electron chi connectivity index (χ1n) is 11.7. The fourth-order valence-corrected chi connectivity index (χ4v) is 5.24. The van der Waals surface area contributed by atoms with Crippen molar-refractivity contribution in [2.75, 3.05) is 0 Å². The van der Waals surface area contributed by atoms with Crippen LogP contribution < -0.4 is 0 Å². The lowest BCUT2D eigenvalue weighted by molar-refractivity contribution is 0.592. The summed E-state index contributed by atoms with van der Waals surface area (Å²) in [6.07, 6.45) is 0. The van der Waals surface area contributed by atoms with Gasteiger partial charge in [0.05, 0.1) is 0 Å². The Bertz CT molecular complexity index is 1450. The zero-order chi connectivity index (χ0) is 22.3. The number of hydrogen-bond donors (Lipinski definition) is 0. The van der Waals surface area contributed by atoms with Gasteiger partial charge in [0.1, 0.15) is 0 Å². The summed E-state index contributed by atoms with van der Waals surface area (Å²) in [7, 11) is 0. The van der Waals surface area contributed by atoms with Crippen LogP contribution in [0.15, 0.2) is 54.6 Å². The highest BCUT2D eigenvalue weighted by atomic mass is 14.3. The van der Waals surface area contributed by atoms with Crippen molar-refractivity contribution in [2.24, 2.45) is 0 Å². The second-order valence-corrected chi connectivity index (χ2v) is 11.7. The topological polar surface area (TPSA) is 0 Å². The molecule has 0 saturated heterocycles. The Hall–Kier alpha value is -2.60. The second-order valence-electron chi connectivity index (χ2n) is 11.7. The highest BCUT2D eigenvalue weighted by molar-refractivity contribution is 6.33. The summed E-state index contributed by atoms with van der Waals surface area (Å²) in [4.78, 5) is 0. The van der Waals surface area contributed by atoms with E-state index in [0.29, 0.717) is 5.92 Å². The molecule has 0 unspecified atom stereocenters. The molecular formula is C31H34. The molecule has 5 aromatic rings. The average Bonchev–Trinajstić information content (AvgIpc) is 2.69. The van der Waals surface area contributed by atoms with Crippen LogP contribution in [0, 0.1) is 0 Å². The van der Waals surface area contributed by atoms with E-state index in [1.54, 1.807) is 0 Å². The molecule has 0 bridgehead atoms. The van der Waals surface area contributed by atoms with Crippen LogP contribution in [-0.2, 0) is 10.8 Å². The zero-order valence-electron chi connectivity index (χ0n) is 20.3. The fraction of sp³-hybridized carbons (Fsp3) is 0.355. The van der Waals surface area contributed by atoms with Gasteiger partial charge in [-0.05, 0) is 82.6 Å². The van der Waals surface area contributed by atoms with Gasteiger partial charge in [-0.25, -0.2) is 0 Å². The van der Waals surface area contributed by atoms with Crippen molar-refractivity contribution in [1.82, 2.24) is 0 Å². The third-order valence-corrected chi connectivity index (χ3v) is 7.03. The summed E-state index contributed by atoms with van der Waals surface area (Å²) in [5, 5.41) is 11.2. The number of rotatable bonds is 1. The normalized spacial score (nSPS) is 13.5. The van der Waals surface area contributed by atoms with Crippen molar-refractivity contribution >= 4 is 43.1 Å². The van der Waals surface area contributed by atoms with Crippen LogP contribution in [0.3, 0.4) is 0 Å². The Kier molecular flexibility index (Phi) is 4.23. The van der Waals surface area contributed by atoms with Crippen LogP contribution in [-0.4, -0.2) is 0 Å². The van der Waals surface area contributed by atoms with Gasteiger partial charge in [-0.3, -0.25) is 0 Å². The Morgan fingerprint density at radius 3 is 1.87 bits per heavy atom. The van der Waals surface area contributed by atoms with Crippen LogP contribution in [0.5, 0.6) is 0 Å². The van der Waals surface area contributed by atoms with E-state index in [1.165, 1.54) is 59.8 Å². The Morgan fingerprint density at radius 2 is 1.23 bits per heavy atom. The van der Waals surface area contributed by atoms with Crippen molar-refractivity contribution in [2.45, 2.75) is 72.1 Å². The molecule has 0 saturated carbocycles. The number of benzene rings is 5. The van der Waals surface area contributed by atoms with Crippen molar-refractivity contribution in [3.63, 3.8) is 0 Å². The van der Waals surface area contributed by atoms with Crippen molar-refractivity contribution in [3.05, 3.63) is 71.3 Å². The fourth-order valence-electron chi connectivity index (χ4n) is 5.24. The molecule has 0 nitrogen and oxygen atoms in total. The maximum Gasteiger partial charge on any atom is -0.00234 e. The monoisotopic (exact) mass is 406 g/mol. The van der Waals surface area contributed by atoms with E-state index in [-0.39, 0.29) is 10.8 Å². The molecule has 0 fully saturated rings. The smallest absolute Gasteiger partial charge is 0.00234 e. The van der Waals surface area contributed by atoms with Crippen LogP contribution in [0.4, 0.5) is 0 Å². The molecule has 5 rings (SSSR count). The molecular weight excluding hydrogens is 372 g/mol. The standard InChI is InChI=1S/C31H34/c1-18(2)19-14-20-15-21(30(3,4)5)17-26-23-12-13-27(31(6,7)8)24-11-9-10-22(29(23)24)25(16-19)28(20)26/h9-18H,1-8H3. The molecule has 158 valence electrons. The highest BCUT2D eigenvalue weighted by Gasteiger charge is 2.23. The molecule has 0 N–H and O–H groups in total. The maximum absolute atomic E-state index is 2.46. The Labute approximate surface area is 186 Å². The first-order chi connectivity index (χ1) is 14.5. The number of fused-ring (bicyclic) bond motifs is 2. The highest BCUT2D eigenvalue weighted by Crippen LogP contribution is 2.45. The Morgan fingerprint density at radius 1 is 0.581 bits per heavy atom. The quantitative estimate of drug-likeness (QED) is 0.192. The van der Waals surface area contributed by atoms with E-state index >= 15 is 0 Å². The van der Waals surface area contributed by atoms with E-state index < -0.39 is 0 Å². The largest absolute Gasteiger partial charge is 0.0610 e. The summed E-state index contributed by atoms with van der Waals surface area (Å²) in [5.74, 6) is 0.504. The predicted molar refractivity (Wildman–Crippen MR) is 139 cm³/mol. The average molecular weight is 407 g/mol. The van der Waals surface area contributed by atoms with Crippen LogP contribution in [0.2, 0.25) is 0 Å². The van der Waals surface area contributed by atoms with Gasteiger partial charge in [0, 0.05) is 0 Å². The first-order valence-corrected chi connectivity index (χ1v) is 11.7. The van der Waals surface area contributed by atoms with Crippen molar-refractivity contribution in [1.29, 1.82) is 0 Å². The van der Waals surface area contributed by atoms with Crippen molar-refractivity contribution < 1.29 is 0 Å². The summed E-state index contributed by atoms with van der Waals surface area (Å²) in [6.45, 7) is 18.5. The molecule has 0 aliphatic rings. The molecule has 0 aliphatic carbocycles. The summed E-state index contributed by atoms with van der Waals surface area (Å²) >= 11 is 0. The molecule has 31 heavy (non-hydrogen) atoms. The first kappa shape index (κ1) is 20.3. The molecule has 0 heteroatoms. The lowest BCUT2D eigenvalue weighted by Crippen LogP contribution is -2.12. The molecule has 0 aromatic heterocycles. The second kappa shape index (κ2) is 6.45. The van der Waals surface area contributed by atoms with E-state index in [4.69, 9.17) is 0 Å². The third kappa shape index (κ3) is 3.03. The van der Waals surface area contributed by atoms with E-state index in [1.807, 2.05) is 0 Å². The molecule has 0 atom stereocenters. The lowest BCUT2D eigenvalue weighted by atomic mass is 9.78. The predicted octanol–water partition coefficient (Wildman–Crippen LogP) is 9.46. The molecule has 0 aliphatic heterocycles. The van der Waals surface area contributed by atoms with Gasteiger partial charge >= 0.3 is 0 Å². The summed E-state index contributed by atoms with van der Waals surface area (Å²) in [5.41, 5.74) is 4.49. The SMILES string of the molecule is CC(C)c1cc2cc(C(C)(C)C)cc3c4ccc(C(C)(C)C)c5cccc(c(c1)c23)c54. The van der Waals surface area contributed by atoms with E-state index in [2.05, 4.69) is 110 Å². The zero-order valence-corrected chi connectivity index (χ0v) is 20.3. The molecule has 0 amide bonds. The van der Waals surface area contributed by atoms with Crippen LogP contribution >= 0.6 is 0 Å². The minimum atomic E-state index is 0.111. The minimum absolute atomic E-state index is 0.111. The number of hydrogen-bond acceptors (Lipinski definition) is 0. The van der Waals surface area contributed by atoms with E-state index in [0.717, 1.165) is 0 Å². The summed E-state index contributed by atoms with van der Waals surface area (Å²) < 4.78 is 0. The maximum atomic E-state index is 2.46. The Balaban J connectivity index is 2.10. The van der Waals surface area contributed by atoms with Gasteiger partial charge in [0.2, 0.25) is 0 Å². The van der Waals surface area contributed by atoms with Crippen LogP contribution in [0.25, 0.3) is 43.1 Å². The molecule has 0 radical (unpaired) electrons. The third-order valence-electron chi connectivity index (χ3n) is 7.03. The summed E-state index contributed by atoms with van der Waals surface area (Å²) in [6, 6.07) is 21.4. The molecule has 0 heterocycles. The lowest BCUT2D eigenvalue weighted by Gasteiger charge is -2.25. The van der Waals surface area contributed by atoms with Crippen LogP contribution in [0.1, 0.15) is 78.0 Å². The van der Waals surface area contributed by atoms with Gasteiger partial charge in [0.15, 0.2) is 0 Å². The van der Waals surface area contributed by atoms with Gasteiger partial charge in [-0.1, -0.05) is 104 Å². The van der Waals surface area contributed by atoms with Gasteiger partial charge in [-0.15, -0.1) is 0 Å².